The summed E-state index contributed by atoms with van der Waals surface area (Å²) in [5.41, 5.74) is 1.56. The van der Waals surface area contributed by atoms with Crippen LogP contribution in [-0.4, -0.2) is 47.4 Å². The number of hydrogen-bond donors (Lipinski definition) is 2. The molecule has 2 aromatic carbocycles. The Balaban J connectivity index is 1.56. The van der Waals surface area contributed by atoms with Gasteiger partial charge in [0, 0.05) is 19.3 Å². The first kappa shape index (κ1) is 23.5. The fourth-order valence-corrected chi connectivity index (χ4v) is 3.04. The second-order valence-corrected chi connectivity index (χ2v) is 7.21. The molecule has 0 saturated carbocycles. The molecule has 0 unspecified atom stereocenters. The molecule has 33 heavy (non-hydrogen) atoms. The normalized spacial score (nSPS) is 13.9. The second kappa shape index (κ2) is 11.4. The molecule has 0 radical (unpaired) electrons. The first-order valence-corrected chi connectivity index (χ1v) is 10.3. The molecule has 0 spiro atoms. The Morgan fingerprint density at radius 1 is 0.879 bits per heavy atom. The van der Waals surface area contributed by atoms with E-state index in [2.05, 4.69) is 10.6 Å². The number of ether oxygens (including phenoxy) is 1. The topological polar surface area (TPSA) is 131 Å². The molecule has 1 aliphatic heterocycles. The maximum absolute atomic E-state index is 12.7. The predicted octanol–water partition coefficient (Wildman–Crippen LogP) is 1.25. The van der Waals surface area contributed by atoms with Crippen molar-refractivity contribution in [2.45, 2.75) is 31.9 Å². The van der Waals surface area contributed by atoms with Crippen LogP contribution in [0.5, 0.6) is 0 Å². The maximum atomic E-state index is 12.7. The summed E-state index contributed by atoms with van der Waals surface area (Å²) < 4.78 is 5.18. The number of nitrogens with zero attached hydrogens (tertiary/aromatic N) is 1. The van der Waals surface area contributed by atoms with Crippen LogP contribution in [0.15, 0.2) is 60.7 Å². The third kappa shape index (κ3) is 7.17. The zero-order chi connectivity index (χ0) is 23.6. The van der Waals surface area contributed by atoms with E-state index in [0.717, 1.165) is 11.1 Å². The molecule has 2 N–H and O–H groups in total. The van der Waals surface area contributed by atoms with Gasteiger partial charge in [-0.25, -0.2) is 9.59 Å². The Morgan fingerprint density at radius 3 is 2.06 bits per heavy atom. The predicted molar refractivity (Wildman–Crippen MR) is 114 cm³/mol. The van der Waals surface area contributed by atoms with Gasteiger partial charge >= 0.3 is 12.1 Å². The minimum atomic E-state index is -1.04. The highest BCUT2D eigenvalue weighted by Gasteiger charge is 2.33. The van der Waals surface area contributed by atoms with Crippen molar-refractivity contribution in [2.24, 2.45) is 0 Å². The molecule has 10 nitrogen and oxygen atoms in total. The number of carbonyl (C=O) groups is 5. The summed E-state index contributed by atoms with van der Waals surface area (Å²) in [6.07, 6.45) is -0.726. The molecule has 4 amide bonds. The summed E-state index contributed by atoms with van der Waals surface area (Å²) >= 11 is 0. The van der Waals surface area contributed by atoms with Gasteiger partial charge in [0.2, 0.25) is 5.91 Å². The van der Waals surface area contributed by atoms with Gasteiger partial charge in [0.25, 0.3) is 11.8 Å². The molecule has 10 heteroatoms. The Hall–Kier alpha value is -4.21. The molecule has 1 saturated heterocycles. The van der Waals surface area contributed by atoms with Crippen LogP contribution in [0.2, 0.25) is 0 Å². The van der Waals surface area contributed by atoms with Crippen LogP contribution in [0.1, 0.15) is 24.0 Å². The Morgan fingerprint density at radius 2 is 1.45 bits per heavy atom. The minimum absolute atomic E-state index is 0.0244. The van der Waals surface area contributed by atoms with Gasteiger partial charge in [-0.3, -0.25) is 14.4 Å². The molecular formula is C23H23N3O7. The van der Waals surface area contributed by atoms with Gasteiger partial charge in [0.1, 0.15) is 19.2 Å². The molecule has 0 aromatic heterocycles. The van der Waals surface area contributed by atoms with E-state index < -0.39 is 42.4 Å². The van der Waals surface area contributed by atoms with Gasteiger partial charge in [-0.2, -0.15) is 0 Å². The van der Waals surface area contributed by atoms with E-state index in [1.807, 2.05) is 24.3 Å². The molecule has 0 aliphatic carbocycles. The zero-order valence-corrected chi connectivity index (χ0v) is 17.7. The number of amides is 4. The molecule has 172 valence electrons. The summed E-state index contributed by atoms with van der Waals surface area (Å²) in [7, 11) is 0. The van der Waals surface area contributed by atoms with Crippen LogP contribution in [0.3, 0.4) is 0 Å². The van der Waals surface area contributed by atoms with E-state index in [-0.39, 0.29) is 25.9 Å². The highest BCUT2D eigenvalue weighted by molar-refractivity contribution is 6.01. The Kier molecular flexibility index (Phi) is 8.12. The molecule has 1 heterocycles. The van der Waals surface area contributed by atoms with Crippen molar-refractivity contribution in [3.8, 4) is 0 Å². The van der Waals surface area contributed by atoms with Crippen LogP contribution in [-0.2, 0) is 41.8 Å². The van der Waals surface area contributed by atoms with Gasteiger partial charge in [0.15, 0.2) is 0 Å². The van der Waals surface area contributed by atoms with Crippen LogP contribution in [0, 0.1) is 0 Å². The van der Waals surface area contributed by atoms with Crippen molar-refractivity contribution in [3.63, 3.8) is 0 Å². The number of alkyl carbamates (subject to hydrolysis) is 1. The lowest BCUT2D eigenvalue weighted by atomic mass is 10.1. The van der Waals surface area contributed by atoms with Crippen molar-refractivity contribution >= 4 is 29.8 Å². The van der Waals surface area contributed by atoms with E-state index in [1.54, 1.807) is 36.4 Å². The molecule has 0 bridgehead atoms. The van der Waals surface area contributed by atoms with Crippen LogP contribution >= 0.6 is 0 Å². The SMILES string of the molecule is O=C(CNC(=O)[C@H](Cc1ccccc1)NC(=O)OCc1ccccc1)ON1C(=O)CCC1=O. The smallest absolute Gasteiger partial charge is 0.408 e. The van der Waals surface area contributed by atoms with Crippen molar-refractivity contribution < 1.29 is 33.5 Å². The average molecular weight is 453 g/mol. The van der Waals surface area contributed by atoms with E-state index in [9.17, 15) is 24.0 Å². The largest absolute Gasteiger partial charge is 0.445 e. The van der Waals surface area contributed by atoms with Crippen molar-refractivity contribution in [2.75, 3.05) is 6.54 Å². The number of benzene rings is 2. The van der Waals surface area contributed by atoms with E-state index in [0.29, 0.717) is 5.06 Å². The van der Waals surface area contributed by atoms with Gasteiger partial charge in [-0.15, -0.1) is 5.06 Å². The Bertz CT molecular complexity index is 995. The zero-order valence-electron chi connectivity index (χ0n) is 17.7. The molecule has 1 atom stereocenters. The summed E-state index contributed by atoms with van der Waals surface area (Å²) in [5.74, 6) is -2.89. The molecule has 3 rings (SSSR count). The minimum Gasteiger partial charge on any atom is -0.445 e. The number of nitrogens with one attached hydrogen (secondary N) is 2. The summed E-state index contributed by atoms with van der Waals surface area (Å²) in [6.45, 7) is -0.571. The van der Waals surface area contributed by atoms with Crippen molar-refractivity contribution in [1.29, 1.82) is 0 Å². The van der Waals surface area contributed by atoms with E-state index in [1.165, 1.54) is 0 Å². The number of imide groups is 1. The first-order valence-electron chi connectivity index (χ1n) is 10.3. The number of rotatable bonds is 9. The Labute approximate surface area is 189 Å². The first-order chi connectivity index (χ1) is 15.9. The van der Waals surface area contributed by atoms with Gasteiger partial charge < -0.3 is 20.2 Å². The standard InChI is InChI=1S/C23H23N3O7/c27-19-11-12-20(28)26(19)33-21(29)14-24-22(30)18(13-16-7-3-1-4-8-16)25-23(31)32-15-17-9-5-2-6-10-17/h1-10,18H,11-15H2,(H,24,30)(H,25,31)/t18-/m0/s1. The van der Waals surface area contributed by atoms with Crippen LogP contribution in [0.25, 0.3) is 0 Å². The van der Waals surface area contributed by atoms with E-state index >= 15 is 0 Å². The lowest BCUT2D eigenvalue weighted by Crippen LogP contribution is -2.49. The molecule has 1 fully saturated rings. The number of carbonyl (C=O) groups excluding carboxylic acids is 5. The molecular weight excluding hydrogens is 430 g/mol. The second-order valence-electron chi connectivity index (χ2n) is 7.21. The van der Waals surface area contributed by atoms with Crippen molar-refractivity contribution in [3.05, 3.63) is 71.8 Å². The third-order valence-electron chi connectivity index (χ3n) is 4.71. The summed E-state index contributed by atoms with van der Waals surface area (Å²) in [5, 5.41) is 5.25. The lowest BCUT2D eigenvalue weighted by molar-refractivity contribution is -0.196. The van der Waals surface area contributed by atoms with Gasteiger partial charge in [-0.1, -0.05) is 60.7 Å². The number of hydrogen-bond acceptors (Lipinski definition) is 7. The number of hydroxylamine groups is 2. The average Bonchev–Trinajstić information content (AvgIpc) is 3.14. The summed E-state index contributed by atoms with van der Waals surface area (Å²) in [6, 6.07) is 17.0. The van der Waals surface area contributed by atoms with E-state index in [4.69, 9.17) is 9.57 Å². The monoisotopic (exact) mass is 453 g/mol. The van der Waals surface area contributed by atoms with Gasteiger partial charge in [0.05, 0.1) is 0 Å². The fraction of sp³-hybridized carbons (Fsp3) is 0.261. The maximum Gasteiger partial charge on any atom is 0.408 e. The van der Waals surface area contributed by atoms with Gasteiger partial charge in [-0.05, 0) is 11.1 Å². The third-order valence-corrected chi connectivity index (χ3v) is 4.71. The highest BCUT2D eigenvalue weighted by atomic mass is 16.7. The van der Waals surface area contributed by atoms with Crippen LogP contribution < -0.4 is 10.6 Å². The summed E-state index contributed by atoms with van der Waals surface area (Å²) in [4.78, 5) is 64.7. The lowest BCUT2D eigenvalue weighted by Gasteiger charge is -2.19. The quantitative estimate of drug-likeness (QED) is 0.546. The fourth-order valence-electron chi connectivity index (χ4n) is 3.04. The highest BCUT2D eigenvalue weighted by Crippen LogP contribution is 2.12. The molecule has 1 aliphatic rings. The van der Waals surface area contributed by atoms with Crippen LogP contribution in [0.4, 0.5) is 4.79 Å². The molecule has 2 aromatic rings. The van der Waals surface area contributed by atoms with Crippen molar-refractivity contribution in [1.82, 2.24) is 15.7 Å².